The number of thiophene rings is 1. The molecule has 0 aliphatic carbocycles. The van der Waals surface area contributed by atoms with E-state index in [1.807, 2.05) is 29.0 Å². The number of hydrogen-bond acceptors (Lipinski definition) is 4. The molecule has 2 aromatic rings. The van der Waals surface area contributed by atoms with E-state index in [-0.39, 0.29) is 5.60 Å². The molecule has 2 rings (SSSR count). The number of rotatable bonds is 5. The van der Waals surface area contributed by atoms with Crippen LogP contribution in [0.15, 0.2) is 17.5 Å². The van der Waals surface area contributed by atoms with Crippen LogP contribution in [0.5, 0.6) is 0 Å². The first-order valence-electron chi connectivity index (χ1n) is 5.86. The molecule has 1 N–H and O–H groups in total. The lowest BCUT2D eigenvalue weighted by Crippen LogP contribution is -2.30. The maximum absolute atomic E-state index is 5.72. The van der Waals surface area contributed by atoms with Crippen LogP contribution in [0.1, 0.15) is 20.8 Å². The molecular weight excluding hydrogens is 266 g/mol. The highest BCUT2D eigenvalue weighted by Gasteiger charge is 2.21. The van der Waals surface area contributed by atoms with Crippen molar-refractivity contribution >= 4 is 23.6 Å². The van der Waals surface area contributed by atoms with Crippen LogP contribution >= 0.6 is 23.6 Å². The predicted octanol–water partition coefficient (Wildman–Crippen LogP) is 3.48. The molecule has 98 valence electrons. The van der Waals surface area contributed by atoms with Gasteiger partial charge in [0.15, 0.2) is 10.6 Å². The van der Waals surface area contributed by atoms with Crippen LogP contribution in [0.25, 0.3) is 10.7 Å². The summed E-state index contributed by atoms with van der Waals surface area (Å²) in [5, 5.41) is 9.19. The minimum Gasteiger partial charge on any atom is -0.374 e. The first-order chi connectivity index (χ1) is 8.53. The topological polar surface area (TPSA) is 42.8 Å². The molecular formula is C12H17N3OS2. The van der Waals surface area contributed by atoms with Crippen LogP contribution in [-0.2, 0) is 11.3 Å². The Morgan fingerprint density at radius 3 is 2.94 bits per heavy atom. The van der Waals surface area contributed by atoms with Crippen LogP contribution < -0.4 is 0 Å². The largest absolute Gasteiger partial charge is 0.374 e. The van der Waals surface area contributed by atoms with E-state index in [9.17, 15) is 0 Å². The molecule has 0 unspecified atom stereocenters. The summed E-state index contributed by atoms with van der Waals surface area (Å²) in [5.41, 5.74) is -0.261. The molecule has 0 spiro atoms. The summed E-state index contributed by atoms with van der Waals surface area (Å²) < 4.78 is 8.35. The monoisotopic (exact) mass is 283 g/mol. The molecule has 0 aliphatic heterocycles. The van der Waals surface area contributed by atoms with Crippen molar-refractivity contribution < 1.29 is 4.74 Å². The molecule has 0 aliphatic rings. The van der Waals surface area contributed by atoms with Gasteiger partial charge < -0.3 is 4.74 Å². The highest BCUT2D eigenvalue weighted by molar-refractivity contribution is 7.71. The molecule has 2 aromatic heterocycles. The van der Waals surface area contributed by atoms with Crippen LogP contribution in [0.2, 0.25) is 0 Å². The molecule has 0 amide bonds. The molecule has 0 atom stereocenters. The summed E-state index contributed by atoms with van der Waals surface area (Å²) in [4.78, 5) is 1.11. The zero-order valence-electron chi connectivity index (χ0n) is 10.8. The lowest BCUT2D eigenvalue weighted by molar-refractivity contribution is -0.0223. The fraction of sp³-hybridized carbons (Fsp3) is 0.500. The molecule has 0 fully saturated rings. The van der Waals surface area contributed by atoms with Crippen molar-refractivity contribution in [2.45, 2.75) is 32.9 Å². The predicted molar refractivity (Wildman–Crippen MR) is 76.4 cm³/mol. The minimum atomic E-state index is -0.261. The molecule has 0 radical (unpaired) electrons. The summed E-state index contributed by atoms with van der Waals surface area (Å²) in [6.45, 7) is 7.49. The third-order valence-corrected chi connectivity index (χ3v) is 3.75. The van der Waals surface area contributed by atoms with Crippen molar-refractivity contribution in [3.05, 3.63) is 22.3 Å². The Hall–Kier alpha value is -0.980. The van der Waals surface area contributed by atoms with Crippen molar-refractivity contribution in [1.29, 1.82) is 0 Å². The van der Waals surface area contributed by atoms with E-state index in [2.05, 4.69) is 24.0 Å². The highest BCUT2D eigenvalue weighted by Crippen LogP contribution is 2.24. The molecule has 6 heteroatoms. The smallest absolute Gasteiger partial charge is 0.195 e. The van der Waals surface area contributed by atoms with E-state index in [0.29, 0.717) is 17.9 Å². The van der Waals surface area contributed by atoms with Gasteiger partial charge >= 0.3 is 0 Å². The van der Waals surface area contributed by atoms with Crippen molar-refractivity contribution in [2.75, 3.05) is 6.61 Å². The van der Waals surface area contributed by atoms with Gasteiger partial charge in [-0.15, -0.1) is 11.3 Å². The van der Waals surface area contributed by atoms with Crippen LogP contribution in [0.4, 0.5) is 0 Å². The Balaban J connectivity index is 2.34. The fourth-order valence-corrected chi connectivity index (χ4v) is 2.79. The third-order valence-electron chi connectivity index (χ3n) is 2.57. The van der Waals surface area contributed by atoms with E-state index in [4.69, 9.17) is 17.0 Å². The normalized spacial score (nSPS) is 11.9. The second-order valence-electron chi connectivity index (χ2n) is 4.61. The van der Waals surface area contributed by atoms with Crippen LogP contribution in [-0.4, -0.2) is 27.0 Å². The van der Waals surface area contributed by atoms with Crippen molar-refractivity contribution in [2.24, 2.45) is 0 Å². The Kier molecular flexibility index (Phi) is 3.99. The maximum Gasteiger partial charge on any atom is 0.195 e. The first-order valence-corrected chi connectivity index (χ1v) is 7.15. The Morgan fingerprint density at radius 2 is 2.33 bits per heavy atom. The highest BCUT2D eigenvalue weighted by atomic mass is 32.1. The number of ether oxygens (including phenoxy) is 1. The van der Waals surface area contributed by atoms with E-state index >= 15 is 0 Å². The van der Waals surface area contributed by atoms with Crippen LogP contribution in [0.3, 0.4) is 0 Å². The van der Waals surface area contributed by atoms with E-state index < -0.39 is 0 Å². The Labute approximate surface area is 116 Å². The van der Waals surface area contributed by atoms with Gasteiger partial charge in [0.2, 0.25) is 0 Å². The zero-order valence-corrected chi connectivity index (χ0v) is 12.4. The van der Waals surface area contributed by atoms with E-state index in [1.54, 1.807) is 11.3 Å². The van der Waals surface area contributed by atoms with Crippen molar-refractivity contribution in [1.82, 2.24) is 14.8 Å². The van der Waals surface area contributed by atoms with Gasteiger partial charge in [0.1, 0.15) is 0 Å². The lowest BCUT2D eigenvalue weighted by atomic mass is 10.1. The summed E-state index contributed by atoms with van der Waals surface area (Å²) in [6.07, 6.45) is 0. The standard InChI is InChI=1S/C12H17N3OS2/c1-4-16-12(2,3)8-15-10(13-14-11(15)17)9-6-5-7-18-9/h5-7H,4,8H2,1-3H3,(H,14,17). The lowest BCUT2D eigenvalue weighted by Gasteiger charge is -2.25. The number of H-pyrrole nitrogens is 1. The van der Waals surface area contributed by atoms with Gasteiger partial charge in [-0.2, -0.15) is 5.10 Å². The SMILES string of the molecule is CCOC(C)(C)Cn1c(-c2cccs2)n[nH]c1=S. The number of aromatic nitrogens is 3. The third kappa shape index (κ3) is 2.88. The summed E-state index contributed by atoms with van der Waals surface area (Å²) in [6, 6.07) is 4.05. The van der Waals surface area contributed by atoms with E-state index in [1.165, 1.54) is 0 Å². The van der Waals surface area contributed by atoms with Crippen molar-refractivity contribution in [3.8, 4) is 10.7 Å². The first kappa shape index (κ1) is 13.5. The van der Waals surface area contributed by atoms with Gasteiger partial charge in [0, 0.05) is 6.61 Å². The summed E-state index contributed by atoms with van der Waals surface area (Å²) >= 11 is 6.95. The van der Waals surface area contributed by atoms with Crippen LogP contribution in [0, 0.1) is 4.77 Å². The fourth-order valence-electron chi connectivity index (χ4n) is 1.88. The zero-order chi connectivity index (χ0) is 13.2. The average Bonchev–Trinajstić information content (AvgIpc) is 2.89. The quantitative estimate of drug-likeness (QED) is 0.854. The van der Waals surface area contributed by atoms with Gasteiger partial charge in [0.25, 0.3) is 0 Å². The molecule has 18 heavy (non-hydrogen) atoms. The molecule has 4 nitrogen and oxygen atoms in total. The van der Waals surface area contributed by atoms with Gasteiger partial charge in [-0.3, -0.25) is 9.67 Å². The molecule has 2 heterocycles. The number of hydrogen-bond donors (Lipinski definition) is 1. The summed E-state index contributed by atoms with van der Waals surface area (Å²) in [7, 11) is 0. The molecule has 0 saturated heterocycles. The van der Waals surface area contributed by atoms with Gasteiger partial charge in [-0.1, -0.05) is 6.07 Å². The second kappa shape index (κ2) is 5.34. The number of aromatic amines is 1. The maximum atomic E-state index is 5.72. The molecule has 0 bridgehead atoms. The minimum absolute atomic E-state index is 0.261. The van der Waals surface area contributed by atoms with Crippen molar-refractivity contribution in [3.63, 3.8) is 0 Å². The van der Waals surface area contributed by atoms with Gasteiger partial charge in [-0.05, 0) is 44.4 Å². The summed E-state index contributed by atoms with van der Waals surface area (Å²) in [5.74, 6) is 0.878. The Morgan fingerprint density at radius 1 is 1.56 bits per heavy atom. The Bertz CT molecular complexity index is 554. The molecule has 0 aromatic carbocycles. The van der Waals surface area contributed by atoms with Gasteiger partial charge in [-0.25, -0.2) is 0 Å². The van der Waals surface area contributed by atoms with Gasteiger partial charge in [0.05, 0.1) is 17.0 Å². The average molecular weight is 283 g/mol. The van der Waals surface area contributed by atoms with E-state index in [0.717, 1.165) is 10.7 Å². The number of nitrogens with zero attached hydrogens (tertiary/aromatic N) is 2. The number of nitrogens with one attached hydrogen (secondary N) is 1. The second-order valence-corrected chi connectivity index (χ2v) is 5.94. The molecule has 0 saturated carbocycles.